The van der Waals surface area contributed by atoms with Gasteiger partial charge in [0.15, 0.2) is 0 Å². The van der Waals surface area contributed by atoms with Gasteiger partial charge in [-0.1, -0.05) is 0 Å². The van der Waals surface area contributed by atoms with Gasteiger partial charge in [0.25, 0.3) is 0 Å². The molecule has 4 rings (SSSR count). The van der Waals surface area contributed by atoms with Crippen molar-refractivity contribution >= 4 is 5.82 Å². The van der Waals surface area contributed by atoms with E-state index in [1.165, 1.54) is 31.7 Å². The molecule has 156 valence electrons. The topological polar surface area (TPSA) is 31.8 Å². The number of piperazine rings is 1. The fourth-order valence-corrected chi connectivity index (χ4v) is 4.60. The number of hydrogen-bond donors (Lipinski definition) is 0. The smallest absolute Gasteiger partial charge is 0.377 e. The fraction of sp³-hybridized carbons (Fsp3) is 0.750. The van der Waals surface area contributed by atoms with E-state index in [0.29, 0.717) is 18.0 Å². The van der Waals surface area contributed by atoms with E-state index < -0.39 is 11.7 Å². The second kappa shape index (κ2) is 8.55. The summed E-state index contributed by atoms with van der Waals surface area (Å²) >= 11 is 0. The normalized spacial score (nSPS) is 26.1. The van der Waals surface area contributed by atoms with Gasteiger partial charge in [0.1, 0.15) is 5.82 Å². The van der Waals surface area contributed by atoms with Crippen LogP contribution in [-0.4, -0.2) is 79.3 Å². The van der Waals surface area contributed by atoms with Gasteiger partial charge in [0, 0.05) is 51.6 Å². The summed E-state index contributed by atoms with van der Waals surface area (Å²) in [6.45, 7) is 7.76. The highest BCUT2D eigenvalue weighted by molar-refractivity contribution is 5.40. The number of hydrogen-bond acceptors (Lipinski definition) is 5. The van der Waals surface area contributed by atoms with Crippen LogP contribution in [0.4, 0.5) is 19.0 Å². The lowest BCUT2D eigenvalue weighted by molar-refractivity contribution is -0.137. The quantitative estimate of drug-likeness (QED) is 0.779. The number of pyridine rings is 1. The van der Waals surface area contributed by atoms with Crippen molar-refractivity contribution in [1.82, 2.24) is 14.8 Å². The van der Waals surface area contributed by atoms with Crippen LogP contribution >= 0.6 is 0 Å². The Hall–Kier alpha value is -1.38. The van der Waals surface area contributed by atoms with Crippen molar-refractivity contribution in [2.24, 2.45) is 0 Å². The predicted molar refractivity (Wildman–Crippen MR) is 101 cm³/mol. The Morgan fingerprint density at radius 3 is 2.32 bits per heavy atom. The van der Waals surface area contributed by atoms with Crippen molar-refractivity contribution in [3.05, 3.63) is 23.9 Å². The van der Waals surface area contributed by atoms with Crippen LogP contribution in [0.15, 0.2) is 18.3 Å². The van der Waals surface area contributed by atoms with Gasteiger partial charge in [-0.2, -0.15) is 13.2 Å². The van der Waals surface area contributed by atoms with Crippen molar-refractivity contribution in [3.8, 4) is 0 Å². The number of anilines is 1. The maximum absolute atomic E-state index is 12.7. The number of alkyl halides is 3. The molecule has 0 N–H and O–H groups in total. The third kappa shape index (κ3) is 4.78. The molecule has 0 bridgehead atoms. The largest absolute Gasteiger partial charge is 0.417 e. The van der Waals surface area contributed by atoms with E-state index in [0.717, 1.165) is 64.7 Å². The summed E-state index contributed by atoms with van der Waals surface area (Å²) in [6.07, 6.45) is 1.79. The van der Waals surface area contributed by atoms with Crippen molar-refractivity contribution in [2.75, 3.05) is 57.3 Å². The molecule has 3 aliphatic heterocycles. The monoisotopic (exact) mass is 398 g/mol. The van der Waals surface area contributed by atoms with E-state index in [-0.39, 0.29) is 0 Å². The second-order valence-corrected chi connectivity index (χ2v) is 8.09. The predicted octanol–water partition coefficient (Wildman–Crippen LogP) is 2.87. The molecule has 3 fully saturated rings. The van der Waals surface area contributed by atoms with Crippen molar-refractivity contribution in [1.29, 1.82) is 0 Å². The lowest BCUT2D eigenvalue weighted by atomic mass is 10.0. The summed E-state index contributed by atoms with van der Waals surface area (Å²) in [4.78, 5) is 11.2. The van der Waals surface area contributed by atoms with E-state index in [2.05, 4.69) is 19.7 Å². The Morgan fingerprint density at radius 1 is 1.00 bits per heavy atom. The highest BCUT2D eigenvalue weighted by atomic mass is 19.4. The summed E-state index contributed by atoms with van der Waals surface area (Å²) in [7, 11) is 0. The minimum Gasteiger partial charge on any atom is -0.377 e. The summed E-state index contributed by atoms with van der Waals surface area (Å²) in [6, 6.07) is 3.23. The van der Waals surface area contributed by atoms with Crippen LogP contribution in [0.5, 0.6) is 0 Å². The minimum atomic E-state index is -4.33. The van der Waals surface area contributed by atoms with E-state index in [1.54, 1.807) is 0 Å². The molecular formula is C20H29F3N4O. The summed E-state index contributed by atoms with van der Waals surface area (Å²) in [5.74, 6) is 0.638. The van der Waals surface area contributed by atoms with Crippen LogP contribution in [0.25, 0.3) is 0 Å². The fourth-order valence-electron chi connectivity index (χ4n) is 4.60. The molecule has 0 radical (unpaired) electrons. The van der Waals surface area contributed by atoms with Gasteiger partial charge in [0.05, 0.1) is 11.7 Å². The number of ether oxygens (including phenoxy) is 1. The molecule has 0 aliphatic carbocycles. The molecule has 0 unspecified atom stereocenters. The first-order valence-corrected chi connectivity index (χ1v) is 10.4. The molecule has 8 heteroatoms. The van der Waals surface area contributed by atoms with Gasteiger partial charge in [-0.15, -0.1) is 0 Å². The first-order chi connectivity index (χ1) is 13.5. The minimum absolute atomic E-state index is 0.427. The maximum Gasteiger partial charge on any atom is 0.417 e. The molecule has 3 aliphatic rings. The van der Waals surface area contributed by atoms with Gasteiger partial charge in [0.2, 0.25) is 0 Å². The molecule has 3 saturated heterocycles. The van der Waals surface area contributed by atoms with Gasteiger partial charge in [-0.25, -0.2) is 4.98 Å². The number of aromatic nitrogens is 1. The third-order valence-corrected chi connectivity index (χ3v) is 6.27. The standard InChI is InChI=1S/C20H29F3N4O/c21-20(22,23)16-3-4-19(24-14-16)27-11-9-26(10-12-27)17-5-7-25(8-6-17)15-18-2-1-13-28-18/h3-4,14,17-18H,1-2,5-13,15H2/t18-/m0/s1. The lowest BCUT2D eigenvalue weighted by Crippen LogP contribution is -2.53. The van der Waals surface area contributed by atoms with Gasteiger partial charge < -0.3 is 14.5 Å². The van der Waals surface area contributed by atoms with Crippen LogP contribution in [0.2, 0.25) is 0 Å². The second-order valence-electron chi connectivity index (χ2n) is 8.09. The average molecular weight is 398 g/mol. The summed E-state index contributed by atoms with van der Waals surface area (Å²) in [5.41, 5.74) is -0.690. The van der Waals surface area contributed by atoms with Gasteiger partial charge in [-0.3, -0.25) is 4.90 Å². The van der Waals surface area contributed by atoms with Crippen LogP contribution in [-0.2, 0) is 10.9 Å². The van der Waals surface area contributed by atoms with E-state index in [4.69, 9.17) is 4.74 Å². The zero-order valence-corrected chi connectivity index (χ0v) is 16.2. The Labute approximate surface area is 164 Å². The zero-order chi connectivity index (χ0) is 19.6. The number of halogens is 3. The first-order valence-electron chi connectivity index (χ1n) is 10.4. The first kappa shape index (κ1) is 19.9. The Kier molecular flexibility index (Phi) is 6.08. The molecule has 5 nitrogen and oxygen atoms in total. The molecule has 4 heterocycles. The molecular weight excluding hydrogens is 369 g/mol. The van der Waals surface area contributed by atoms with Gasteiger partial charge >= 0.3 is 6.18 Å². The number of piperidine rings is 1. The SMILES string of the molecule is FC(F)(F)c1ccc(N2CCN(C3CCN(C[C@@H]4CCCO4)CC3)CC2)nc1. The zero-order valence-electron chi connectivity index (χ0n) is 16.2. The molecule has 1 aromatic heterocycles. The van der Waals surface area contributed by atoms with Crippen LogP contribution < -0.4 is 4.90 Å². The summed E-state index contributed by atoms with van der Waals surface area (Å²) < 4.78 is 43.8. The van der Waals surface area contributed by atoms with Crippen LogP contribution in [0.1, 0.15) is 31.2 Å². The molecule has 0 saturated carbocycles. The Balaban J connectivity index is 1.22. The highest BCUT2D eigenvalue weighted by Gasteiger charge is 2.32. The third-order valence-electron chi connectivity index (χ3n) is 6.27. The summed E-state index contributed by atoms with van der Waals surface area (Å²) in [5, 5.41) is 0. The molecule has 0 spiro atoms. The van der Waals surface area contributed by atoms with Crippen molar-refractivity contribution < 1.29 is 17.9 Å². The lowest BCUT2D eigenvalue weighted by Gasteiger charge is -2.43. The average Bonchev–Trinajstić information content (AvgIpc) is 3.21. The molecule has 0 aromatic carbocycles. The highest BCUT2D eigenvalue weighted by Crippen LogP contribution is 2.29. The van der Waals surface area contributed by atoms with Crippen molar-refractivity contribution in [3.63, 3.8) is 0 Å². The van der Waals surface area contributed by atoms with Crippen LogP contribution in [0.3, 0.4) is 0 Å². The van der Waals surface area contributed by atoms with Gasteiger partial charge in [-0.05, 0) is 50.9 Å². The van der Waals surface area contributed by atoms with Crippen molar-refractivity contribution in [2.45, 2.75) is 44.0 Å². The molecule has 0 amide bonds. The van der Waals surface area contributed by atoms with E-state index in [9.17, 15) is 13.2 Å². The Bertz CT molecular complexity index is 617. The van der Waals surface area contributed by atoms with E-state index >= 15 is 0 Å². The number of nitrogens with zero attached hydrogens (tertiary/aromatic N) is 4. The van der Waals surface area contributed by atoms with Crippen LogP contribution in [0, 0.1) is 0 Å². The number of rotatable bonds is 4. The molecule has 1 aromatic rings. The molecule has 1 atom stereocenters. The number of likely N-dealkylation sites (tertiary alicyclic amines) is 1. The molecule has 28 heavy (non-hydrogen) atoms. The Morgan fingerprint density at radius 2 is 1.75 bits per heavy atom. The van der Waals surface area contributed by atoms with E-state index in [1.807, 2.05) is 0 Å². The maximum atomic E-state index is 12.7.